The fourth-order valence-corrected chi connectivity index (χ4v) is 4.33. The standard InChI is InChI=1S/C23H31NO4S/c1-4-8-23(25)28-17-6-5-7-18-29(26,27)22-15-11-20(12-16-22)19-9-13-21(14-10-19)24(2)3/h9-16H,4-8,17-18H2,1-3H3. The van der Waals surface area contributed by atoms with Gasteiger partial charge in [-0.05, 0) is 61.1 Å². The van der Waals surface area contributed by atoms with Gasteiger partial charge in [-0.3, -0.25) is 4.79 Å². The number of unbranched alkanes of at least 4 members (excludes halogenated alkanes) is 2. The summed E-state index contributed by atoms with van der Waals surface area (Å²) < 4.78 is 30.2. The van der Waals surface area contributed by atoms with E-state index in [1.165, 1.54) is 0 Å². The molecule has 158 valence electrons. The van der Waals surface area contributed by atoms with Crippen molar-refractivity contribution >= 4 is 21.5 Å². The molecule has 0 aromatic heterocycles. The molecule has 0 aliphatic rings. The average molecular weight is 418 g/mol. The first-order valence-electron chi connectivity index (χ1n) is 10.1. The van der Waals surface area contributed by atoms with Crippen LogP contribution in [0, 0.1) is 0 Å². The predicted molar refractivity (Wildman–Crippen MR) is 118 cm³/mol. The molecule has 0 aliphatic heterocycles. The summed E-state index contributed by atoms with van der Waals surface area (Å²) in [6, 6.07) is 15.2. The van der Waals surface area contributed by atoms with Crippen molar-refractivity contribution in [2.45, 2.75) is 43.9 Å². The smallest absolute Gasteiger partial charge is 0.305 e. The van der Waals surface area contributed by atoms with Gasteiger partial charge in [-0.15, -0.1) is 0 Å². The van der Waals surface area contributed by atoms with E-state index in [1.54, 1.807) is 12.1 Å². The quantitative estimate of drug-likeness (QED) is 0.391. The summed E-state index contributed by atoms with van der Waals surface area (Å²) in [4.78, 5) is 13.7. The number of carbonyl (C=O) groups excluding carboxylic acids is 1. The van der Waals surface area contributed by atoms with Gasteiger partial charge in [0.2, 0.25) is 0 Å². The van der Waals surface area contributed by atoms with E-state index in [1.807, 2.05) is 62.3 Å². The van der Waals surface area contributed by atoms with Gasteiger partial charge < -0.3 is 9.64 Å². The molecular weight excluding hydrogens is 386 g/mol. The number of ether oxygens (including phenoxy) is 1. The normalized spacial score (nSPS) is 11.3. The minimum atomic E-state index is -3.30. The number of hydrogen-bond acceptors (Lipinski definition) is 5. The molecule has 0 aliphatic carbocycles. The fraction of sp³-hybridized carbons (Fsp3) is 0.435. The number of rotatable bonds is 11. The van der Waals surface area contributed by atoms with Crippen LogP contribution in [0.3, 0.4) is 0 Å². The maximum Gasteiger partial charge on any atom is 0.305 e. The Morgan fingerprint density at radius 2 is 1.48 bits per heavy atom. The highest BCUT2D eigenvalue weighted by Gasteiger charge is 2.14. The Labute approximate surface area is 174 Å². The SMILES string of the molecule is CCCC(=O)OCCCCCS(=O)(=O)c1ccc(-c2ccc(N(C)C)cc2)cc1. The number of benzene rings is 2. The first-order chi connectivity index (χ1) is 13.8. The first-order valence-corrected chi connectivity index (χ1v) is 11.7. The summed E-state index contributed by atoms with van der Waals surface area (Å²) >= 11 is 0. The zero-order chi connectivity index (χ0) is 21.3. The van der Waals surface area contributed by atoms with Crippen LogP contribution in [0.5, 0.6) is 0 Å². The highest BCUT2D eigenvalue weighted by molar-refractivity contribution is 7.91. The zero-order valence-electron chi connectivity index (χ0n) is 17.6. The van der Waals surface area contributed by atoms with E-state index in [-0.39, 0.29) is 11.7 Å². The number of sulfone groups is 1. The van der Waals surface area contributed by atoms with Crippen LogP contribution >= 0.6 is 0 Å². The van der Waals surface area contributed by atoms with Crippen molar-refractivity contribution in [1.29, 1.82) is 0 Å². The molecule has 0 saturated heterocycles. The average Bonchev–Trinajstić information content (AvgIpc) is 2.71. The van der Waals surface area contributed by atoms with Gasteiger partial charge in [0.15, 0.2) is 9.84 Å². The predicted octanol–water partition coefficient (Wildman–Crippen LogP) is 4.71. The van der Waals surface area contributed by atoms with E-state index in [2.05, 4.69) is 0 Å². The molecule has 0 fully saturated rings. The maximum atomic E-state index is 12.5. The summed E-state index contributed by atoms with van der Waals surface area (Å²) in [5.74, 6) is -0.0798. The molecule has 0 atom stereocenters. The van der Waals surface area contributed by atoms with E-state index in [0.717, 1.165) is 29.7 Å². The molecule has 0 spiro atoms. The lowest BCUT2D eigenvalue weighted by Gasteiger charge is -2.13. The third-order valence-corrected chi connectivity index (χ3v) is 6.52. The van der Waals surface area contributed by atoms with Crippen LogP contribution in [-0.2, 0) is 19.4 Å². The minimum absolute atomic E-state index is 0.104. The van der Waals surface area contributed by atoms with Crippen molar-refractivity contribution in [2.24, 2.45) is 0 Å². The topological polar surface area (TPSA) is 63.7 Å². The Kier molecular flexibility index (Phi) is 8.70. The molecule has 0 bridgehead atoms. The van der Waals surface area contributed by atoms with Gasteiger partial charge in [0.25, 0.3) is 0 Å². The molecule has 0 N–H and O–H groups in total. The zero-order valence-corrected chi connectivity index (χ0v) is 18.4. The molecular formula is C23H31NO4S. The van der Waals surface area contributed by atoms with E-state index in [9.17, 15) is 13.2 Å². The Balaban J connectivity index is 1.85. The third kappa shape index (κ3) is 7.20. The van der Waals surface area contributed by atoms with E-state index < -0.39 is 9.84 Å². The molecule has 6 heteroatoms. The van der Waals surface area contributed by atoms with Gasteiger partial charge in [-0.1, -0.05) is 31.2 Å². The third-order valence-electron chi connectivity index (χ3n) is 4.71. The first kappa shape index (κ1) is 22.9. The number of carbonyl (C=O) groups is 1. The highest BCUT2D eigenvalue weighted by atomic mass is 32.2. The number of esters is 1. The van der Waals surface area contributed by atoms with Crippen LogP contribution in [0.1, 0.15) is 39.0 Å². The van der Waals surface area contributed by atoms with E-state index in [0.29, 0.717) is 30.8 Å². The lowest BCUT2D eigenvalue weighted by atomic mass is 10.1. The van der Waals surface area contributed by atoms with Gasteiger partial charge >= 0.3 is 5.97 Å². The highest BCUT2D eigenvalue weighted by Crippen LogP contribution is 2.24. The lowest BCUT2D eigenvalue weighted by molar-refractivity contribution is -0.143. The van der Waals surface area contributed by atoms with Gasteiger partial charge in [-0.25, -0.2) is 8.42 Å². The van der Waals surface area contributed by atoms with E-state index >= 15 is 0 Å². The van der Waals surface area contributed by atoms with Crippen LogP contribution < -0.4 is 4.90 Å². The van der Waals surface area contributed by atoms with Crippen molar-refractivity contribution in [1.82, 2.24) is 0 Å². The van der Waals surface area contributed by atoms with Crippen molar-refractivity contribution < 1.29 is 17.9 Å². The summed E-state index contributed by atoms with van der Waals surface area (Å²) in [6.07, 6.45) is 3.17. The largest absolute Gasteiger partial charge is 0.466 e. The minimum Gasteiger partial charge on any atom is -0.466 e. The molecule has 0 amide bonds. The summed E-state index contributed by atoms with van der Waals surface area (Å²) in [6.45, 7) is 2.29. The van der Waals surface area contributed by atoms with Crippen molar-refractivity contribution in [3.63, 3.8) is 0 Å². The van der Waals surface area contributed by atoms with Gasteiger partial charge in [0.05, 0.1) is 17.3 Å². The van der Waals surface area contributed by atoms with Gasteiger partial charge in [-0.2, -0.15) is 0 Å². The Hall–Kier alpha value is -2.34. The summed E-state index contributed by atoms with van der Waals surface area (Å²) in [7, 11) is 0.684. The van der Waals surface area contributed by atoms with Crippen LogP contribution in [0.4, 0.5) is 5.69 Å². The number of hydrogen-bond donors (Lipinski definition) is 0. The molecule has 29 heavy (non-hydrogen) atoms. The molecule has 0 unspecified atom stereocenters. The molecule has 2 aromatic carbocycles. The van der Waals surface area contributed by atoms with E-state index in [4.69, 9.17) is 4.74 Å². The van der Waals surface area contributed by atoms with Crippen LogP contribution in [0.15, 0.2) is 53.4 Å². The maximum absolute atomic E-state index is 12.5. The molecule has 0 radical (unpaired) electrons. The monoisotopic (exact) mass is 417 g/mol. The number of anilines is 1. The van der Waals surface area contributed by atoms with Gasteiger partial charge in [0, 0.05) is 26.2 Å². The van der Waals surface area contributed by atoms with Gasteiger partial charge in [0.1, 0.15) is 0 Å². The molecule has 0 saturated carbocycles. The van der Waals surface area contributed by atoms with Crippen molar-refractivity contribution in [3.8, 4) is 11.1 Å². The van der Waals surface area contributed by atoms with Crippen LogP contribution in [0.2, 0.25) is 0 Å². The molecule has 0 heterocycles. The number of nitrogens with zero attached hydrogens (tertiary/aromatic N) is 1. The second-order valence-corrected chi connectivity index (χ2v) is 9.42. The molecule has 2 rings (SSSR count). The Morgan fingerprint density at radius 1 is 0.897 bits per heavy atom. The molecule has 2 aromatic rings. The fourth-order valence-electron chi connectivity index (χ4n) is 2.96. The Morgan fingerprint density at radius 3 is 2.03 bits per heavy atom. The summed E-state index contributed by atoms with van der Waals surface area (Å²) in [5.41, 5.74) is 3.16. The second-order valence-electron chi connectivity index (χ2n) is 7.32. The Bertz CT molecular complexity index is 872. The lowest BCUT2D eigenvalue weighted by Crippen LogP contribution is -2.08. The van der Waals surface area contributed by atoms with Crippen LogP contribution in [-0.4, -0.2) is 40.8 Å². The molecule has 5 nitrogen and oxygen atoms in total. The van der Waals surface area contributed by atoms with Crippen molar-refractivity contribution in [2.75, 3.05) is 31.4 Å². The van der Waals surface area contributed by atoms with Crippen molar-refractivity contribution in [3.05, 3.63) is 48.5 Å². The van der Waals surface area contributed by atoms with Crippen LogP contribution in [0.25, 0.3) is 11.1 Å². The summed E-state index contributed by atoms with van der Waals surface area (Å²) in [5, 5.41) is 0. The second kappa shape index (κ2) is 11.0.